The minimum absolute atomic E-state index is 0.607. The number of aromatic nitrogens is 2. The second kappa shape index (κ2) is 8.80. The van der Waals surface area contributed by atoms with Crippen molar-refractivity contribution in [3.8, 4) is 23.0 Å². The van der Waals surface area contributed by atoms with E-state index in [1.54, 1.807) is 7.11 Å². The third kappa shape index (κ3) is 4.40. The molecule has 1 aromatic carbocycles. The van der Waals surface area contributed by atoms with Gasteiger partial charge in [0.05, 0.1) is 25.0 Å². The molecule has 0 spiro atoms. The van der Waals surface area contributed by atoms with Gasteiger partial charge in [-0.3, -0.25) is 0 Å². The molecule has 0 N–H and O–H groups in total. The lowest BCUT2D eigenvalue weighted by Crippen LogP contribution is -2.28. The maximum atomic E-state index is 5.91. The van der Waals surface area contributed by atoms with Crippen molar-refractivity contribution in [1.82, 2.24) is 9.97 Å². The highest BCUT2D eigenvalue weighted by atomic mass is 16.5. The van der Waals surface area contributed by atoms with Gasteiger partial charge in [0.1, 0.15) is 11.4 Å². The number of ether oxygens (including phenoxy) is 2. The molecule has 0 atom stereocenters. The van der Waals surface area contributed by atoms with Crippen molar-refractivity contribution in [2.45, 2.75) is 53.9 Å². The molecule has 0 aliphatic heterocycles. The van der Waals surface area contributed by atoms with Gasteiger partial charge in [-0.25, -0.2) is 4.98 Å². The van der Waals surface area contributed by atoms with Gasteiger partial charge in [0.2, 0.25) is 5.88 Å². The summed E-state index contributed by atoms with van der Waals surface area (Å²) in [6.07, 6.45) is 3.73. The summed E-state index contributed by atoms with van der Waals surface area (Å²) in [5.74, 6) is 2.94. The fourth-order valence-corrected chi connectivity index (χ4v) is 3.82. The molecule has 1 fully saturated rings. The molecular weight excluding hydrogens is 350 g/mol. The van der Waals surface area contributed by atoms with Crippen molar-refractivity contribution in [3.63, 3.8) is 0 Å². The van der Waals surface area contributed by atoms with E-state index >= 15 is 0 Å². The summed E-state index contributed by atoms with van der Waals surface area (Å²) in [4.78, 5) is 12.1. The number of hydrogen-bond donors (Lipinski definition) is 0. The molecule has 5 heteroatoms. The molecule has 152 valence electrons. The number of rotatable bonds is 9. The van der Waals surface area contributed by atoms with Crippen LogP contribution in [0.5, 0.6) is 11.6 Å². The van der Waals surface area contributed by atoms with Crippen LogP contribution in [-0.2, 0) is 0 Å². The monoisotopic (exact) mass is 383 g/mol. The van der Waals surface area contributed by atoms with Crippen LogP contribution in [0.3, 0.4) is 0 Å². The smallest absolute Gasteiger partial charge is 0.241 e. The van der Waals surface area contributed by atoms with Gasteiger partial charge in [0.15, 0.2) is 5.82 Å². The SMILES string of the molecule is CCCN(CC1CC1)c1c(C)nc(-c2c(C)cc(C)cc2OCC)nc1OC. The number of methoxy groups -OCH3 is 1. The van der Waals surface area contributed by atoms with E-state index in [4.69, 9.17) is 19.4 Å². The molecule has 0 radical (unpaired) electrons. The fourth-order valence-electron chi connectivity index (χ4n) is 3.82. The van der Waals surface area contributed by atoms with Crippen LogP contribution >= 0.6 is 0 Å². The summed E-state index contributed by atoms with van der Waals surface area (Å²) >= 11 is 0. The summed E-state index contributed by atoms with van der Waals surface area (Å²) in [7, 11) is 1.70. The van der Waals surface area contributed by atoms with Crippen LogP contribution in [0.2, 0.25) is 0 Å². The van der Waals surface area contributed by atoms with Crippen LogP contribution in [0.1, 0.15) is 49.9 Å². The molecule has 0 saturated heterocycles. The molecule has 1 aliphatic rings. The van der Waals surface area contributed by atoms with Crippen LogP contribution in [-0.4, -0.2) is 36.8 Å². The Morgan fingerprint density at radius 3 is 2.46 bits per heavy atom. The lowest BCUT2D eigenvalue weighted by Gasteiger charge is -2.27. The van der Waals surface area contributed by atoms with Gasteiger partial charge in [0, 0.05) is 13.1 Å². The second-order valence-corrected chi connectivity index (χ2v) is 7.77. The lowest BCUT2D eigenvalue weighted by atomic mass is 10.0. The van der Waals surface area contributed by atoms with E-state index in [-0.39, 0.29) is 0 Å². The van der Waals surface area contributed by atoms with Gasteiger partial charge in [-0.15, -0.1) is 0 Å². The summed E-state index contributed by atoms with van der Waals surface area (Å²) < 4.78 is 11.7. The van der Waals surface area contributed by atoms with Gasteiger partial charge in [-0.05, 0) is 70.1 Å². The number of anilines is 1. The average Bonchev–Trinajstić information content (AvgIpc) is 3.44. The van der Waals surface area contributed by atoms with Gasteiger partial charge in [-0.2, -0.15) is 4.98 Å². The molecule has 2 aromatic rings. The van der Waals surface area contributed by atoms with Crippen LogP contribution < -0.4 is 14.4 Å². The summed E-state index contributed by atoms with van der Waals surface area (Å²) in [6, 6.07) is 4.20. The Kier molecular flexibility index (Phi) is 6.42. The molecule has 0 unspecified atom stereocenters. The number of nitrogens with zero attached hydrogens (tertiary/aromatic N) is 3. The Morgan fingerprint density at radius 1 is 1.11 bits per heavy atom. The normalized spacial score (nSPS) is 13.5. The van der Waals surface area contributed by atoms with Crippen LogP contribution in [0, 0.1) is 26.7 Å². The quantitative estimate of drug-likeness (QED) is 0.603. The molecule has 1 aromatic heterocycles. The Hall–Kier alpha value is -2.30. The van der Waals surface area contributed by atoms with E-state index in [1.165, 1.54) is 18.4 Å². The summed E-state index contributed by atoms with van der Waals surface area (Å²) in [6.45, 7) is 13.1. The zero-order chi connectivity index (χ0) is 20.3. The Bertz CT molecular complexity index is 831. The maximum absolute atomic E-state index is 5.91. The van der Waals surface area contributed by atoms with Crippen molar-refractivity contribution < 1.29 is 9.47 Å². The van der Waals surface area contributed by atoms with E-state index in [9.17, 15) is 0 Å². The van der Waals surface area contributed by atoms with Crippen molar-refractivity contribution in [1.29, 1.82) is 0 Å². The van der Waals surface area contributed by atoms with E-state index in [1.807, 2.05) is 6.92 Å². The third-order valence-corrected chi connectivity index (χ3v) is 5.17. The van der Waals surface area contributed by atoms with Gasteiger partial charge < -0.3 is 14.4 Å². The summed E-state index contributed by atoms with van der Waals surface area (Å²) in [5.41, 5.74) is 5.22. The molecule has 5 nitrogen and oxygen atoms in total. The first-order valence-electron chi connectivity index (χ1n) is 10.4. The van der Waals surface area contributed by atoms with Gasteiger partial charge in [0.25, 0.3) is 0 Å². The molecule has 0 amide bonds. The molecule has 3 rings (SSSR count). The molecule has 28 heavy (non-hydrogen) atoms. The van der Waals surface area contributed by atoms with Crippen molar-refractivity contribution in [3.05, 3.63) is 29.0 Å². The van der Waals surface area contributed by atoms with Gasteiger partial charge >= 0.3 is 0 Å². The number of aryl methyl sites for hydroxylation is 3. The molecular formula is C23H33N3O2. The van der Waals surface area contributed by atoms with Gasteiger partial charge in [-0.1, -0.05) is 13.0 Å². The largest absolute Gasteiger partial charge is 0.493 e. The van der Waals surface area contributed by atoms with E-state index in [0.717, 1.165) is 53.7 Å². The topological polar surface area (TPSA) is 47.5 Å². The van der Waals surface area contributed by atoms with Crippen LogP contribution in [0.15, 0.2) is 12.1 Å². The van der Waals surface area contributed by atoms with Crippen LogP contribution in [0.4, 0.5) is 5.69 Å². The average molecular weight is 384 g/mol. The second-order valence-electron chi connectivity index (χ2n) is 7.77. The zero-order valence-corrected chi connectivity index (χ0v) is 18.1. The summed E-state index contributed by atoms with van der Waals surface area (Å²) in [5, 5.41) is 0. The first kappa shape index (κ1) is 20.4. The van der Waals surface area contributed by atoms with Crippen LogP contribution in [0.25, 0.3) is 11.4 Å². The zero-order valence-electron chi connectivity index (χ0n) is 18.1. The molecule has 1 saturated carbocycles. The van der Waals surface area contributed by atoms with Crippen molar-refractivity contribution in [2.75, 3.05) is 31.7 Å². The predicted octanol–water partition coefficient (Wildman–Crippen LogP) is 5.10. The maximum Gasteiger partial charge on any atom is 0.241 e. The molecule has 1 heterocycles. The highest BCUT2D eigenvalue weighted by molar-refractivity contribution is 5.72. The Morgan fingerprint density at radius 2 is 1.86 bits per heavy atom. The molecule has 0 bridgehead atoms. The third-order valence-electron chi connectivity index (χ3n) is 5.17. The molecule has 1 aliphatic carbocycles. The van der Waals surface area contributed by atoms with E-state index in [0.29, 0.717) is 18.3 Å². The fraction of sp³-hybridized carbons (Fsp3) is 0.565. The highest BCUT2D eigenvalue weighted by Crippen LogP contribution is 2.39. The Labute approximate surface area is 169 Å². The van der Waals surface area contributed by atoms with E-state index < -0.39 is 0 Å². The van der Waals surface area contributed by atoms with E-state index in [2.05, 4.69) is 44.7 Å². The van der Waals surface area contributed by atoms with Crippen molar-refractivity contribution >= 4 is 5.69 Å². The number of hydrogen-bond acceptors (Lipinski definition) is 5. The first-order valence-corrected chi connectivity index (χ1v) is 10.4. The Balaban J connectivity index is 2.09. The van der Waals surface area contributed by atoms with Crippen molar-refractivity contribution in [2.24, 2.45) is 5.92 Å². The number of benzene rings is 1. The minimum atomic E-state index is 0.607. The minimum Gasteiger partial charge on any atom is -0.493 e. The lowest BCUT2D eigenvalue weighted by molar-refractivity contribution is 0.341. The highest BCUT2D eigenvalue weighted by Gasteiger charge is 2.28. The standard InChI is InChI=1S/C23H33N3O2/c1-7-11-26(14-18-9-10-18)21-17(5)24-22(25-23(21)27-6)20-16(4)12-15(3)13-19(20)28-8-2/h12-13,18H,7-11,14H2,1-6H3. The predicted molar refractivity (Wildman–Crippen MR) is 115 cm³/mol. The first-order chi connectivity index (χ1) is 13.5.